The summed E-state index contributed by atoms with van der Waals surface area (Å²) in [5.74, 6) is -0.607. The van der Waals surface area contributed by atoms with Crippen molar-refractivity contribution in [2.45, 2.75) is 43.5 Å². The first-order valence-electron chi connectivity index (χ1n) is 11.3. The Hall–Kier alpha value is -3.33. The summed E-state index contributed by atoms with van der Waals surface area (Å²) in [4.78, 5) is 25.4. The van der Waals surface area contributed by atoms with Crippen LogP contribution < -0.4 is 15.4 Å². The number of rotatable bonds is 7. The quantitative estimate of drug-likeness (QED) is 0.584. The Balaban J connectivity index is 1.72. The van der Waals surface area contributed by atoms with Crippen molar-refractivity contribution in [1.29, 1.82) is 0 Å². The van der Waals surface area contributed by atoms with E-state index in [2.05, 4.69) is 10.6 Å². The molecule has 0 fully saturated rings. The van der Waals surface area contributed by atoms with Crippen LogP contribution in [0.25, 0.3) is 0 Å². The van der Waals surface area contributed by atoms with Gasteiger partial charge in [-0.05, 0) is 73.6 Å². The predicted octanol–water partition coefficient (Wildman–Crippen LogP) is 3.22. The molecule has 2 amide bonds. The van der Waals surface area contributed by atoms with Crippen molar-refractivity contribution in [3.05, 3.63) is 70.4 Å². The van der Waals surface area contributed by atoms with Gasteiger partial charge >= 0.3 is 12.0 Å². The molecule has 0 saturated heterocycles. The van der Waals surface area contributed by atoms with Gasteiger partial charge in [-0.2, -0.15) is 0 Å². The molecule has 180 valence electrons. The molecule has 1 heterocycles. The zero-order valence-electron chi connectivity index (χ0n) is 19.2. The second-order valence-corrected chi connectivity index (χ2v) is 10.3. The third kappa shape index (κ3) is 4.94. The van der Waals surface area contributed by atoms with Gasteiger partial charge in [-0.3, -0.25) is 0 Å². The molecule has 1 aliphatic carbocycles. The van der Waals surface area contributed by atoms with Crippen molar-refractivity contribution in [2.75, 3.05) is 19.5 Å². The Morgan fingerprint density at radius 2 is 1.76 bits per heavy atom. The number of carbonyl (C=O) groups is 2. The molecule has 34 heavy (non-hydrogen) atoms. The average Bonchev–Trinajstić information content (AvgIpc) is 2.83. The fourth-order valence-corrected chi connectivity index (χ4v) is 5.80. The van der Waals surface area contributed by atoms with Crippen molar-refractivity contribution in [3.8, 4) is 5.75 Å². The van der Waals surface area contributed by atoms with Gasteiger partial charge in [0.15, 0.2) is 9.84 Å². The van der Waals surface area contributed by atoms with E-state index in [1.807, 2.05) is 13.0 Å². The Bertz CT molecular complexity index is 1230. The molecule has 0 saturated carbocycles. The highest BCUT2D eigenvalue weighted by atomic mass is 32.2. The first-order valence-corrected chi connectivity index (χ1v) is 12.9. The molecule has 1 aliphatic heterocycles. The number of carbonyl (C=O) groups excluding carboxylic acids is 2. The molecule has 2 aliphatic rings. The van der Waals surface area contributed by atoms with Crippen molar-refractivity contribution in [3.63, 3.8) is 0 Å². The maximum atomic E-state index is 13.3. The van der Waals surface area contributed by atoms with Crippen LogP contribution in [0.4, 0.5) is 4.79 Å². The molecule has 4 rings (SSSR count). The van der Waals surface area contributed by atoms with Crippen LogP contribution in [0.5, 0.6) is 5.75 Å². The minimum Gasteiger partial charge on any atom is -0.494 e. The van der Waals surface area contributed by atoms with Crippen LogP contribution in [0.2, 0.25) is 0 Å². The Morgan fingerprint density at radius 3 is 2.44 bits per heavy atom. The highest BCUT2D eigenvalue weighted by Gasteiger charge is 2.35. The average molecular weight is 485 g/mol. The first kappa shape index (κ1) is 23.8. The van der Waals surface area contributed by atoms with E-state index in [1.165, 1.54) is 12.7 Å². The number of amides is 2. The van der Waals surface area contributed by atoms with Gasteiger partial charge in [-0.25, -0.2) is 18.0 Å². The number of nitrogens with one attached hydrogen (secondary N) is 2. The summed E-state index contributed by atoms with van der Waals surface area (Å²) in [6, 6.07) is 10.6. The molecule has 0 spiro atoms. The van der Waals surface area contributed by atoms with Crippen molar-refractivity contribution in [1.82, 2.24) is 10.6 Å². The summed E-state index contributed by atoms with van der Waals surface area (Å²) < 4.78 is 37.1. The summed E-state index contributed by atoms with van der Waals surface area (Å²) in [6.07, 6.45) is 3.91. The van der Waals surface area contributed by atoms with Gasteiger partial charge < -0.3 is 20.1 Å². The number of sulfone groups is 1. The van der Waals surface area contributed by atoms with Gasteiger partial charge in [0.25, 0.3) is 0 Å². The minimum atomic E-state index is -3.84. The van der Waals surface area contributed by atoms with E-state index >= 15 is 0 Å². The highest BCUT2D eigenvalue weighted by Crippen LogP contribution is 2.31. The number of benzene rings is 2. The standard InChI is InChI=1S/C25H28N2O6S/c1-3-33-19-11-8-17(9-12-19)23-22(24(28)32-2)21(26-25(29)27-23)15-34(30,31)20-13-10-16-6-4-5-7-18(16)14-20/h8-14,23H,3-7,15H2,1-2H3,(H2,26,27,29)/t23-/m0/s1. The molecule has 9 heteroatoms. The molecule has 2 N–H and O–H groups in total. The number of urea groups is 1. The van der Waals surface area contributed by atoms with E-state index in [4.69, 9.17) is 9.47 Å². The van der Waals surface area contributed by atoms with E-state index in [9.17, 15) is 18.0 Å². The second kappa shape index (κ2) is 9.89. The Morgan fingerprint density at radius 1 is 1.06 bits per heavy atom. The fraction of sp³-hybridized carbons (Fsp3) is 0.360. The summed E-state index contributed by atoms with van der Waals surface area (Å²) in [5.41, 5.74) is 2.86. The van der Waals surface area contributed by atoms with E-state index in [0.717, 1.165) is 31.2 Å². The molecule has 0 aromatic heterocycles. The van der Waals surface area contributed by atoms with Crippen LogP contribution in [0.15, 0.2) is 58.6 Å². The zero-order valence-corrected chi connectivity index (χ0v) is 20.0. The SMILES string of the molecule is CCOc1ccc([C@@H]2NC(=O)NC(CS(=O)(=O)c3ccc4c(c3)CCCC4)=C2C(=O)OC)cc1. The van der Waals surface area contributed by atoms with Gasteiger partial charge in [0.2, 0.25) is 0 Å². The molecule has 0 unspecified atom stereocenters. The number of methoxy groups -OCH3 is 1. The molecule has 0 bridgehead atoms. The van der Waals surface area contributed by atoms with E-state index in [-0.39, 0.29) is 16.2 Å². The lowest BCUT2D eigenvalue weighted by atomic mass is 9.92. The third-order valence-corrected chi connectivity index (χ3v) is 7.74. The largest absolute Gasteiger partial charge is 0.494 e. The number of hydrogen-bond donors (Lipinski definition) is 2. The van der Waals surface area contributed by atoms with Crippen LogP contribution in [-0.2, 0) is 32.2 Å². The van der Waals surface area contributed by atoms with Crippen molar-refractivity contribution >= 4 is 21.8 Å². The van der Waals surface area contributed by atoms with Gasteiger partial charge in [0, 0.05) is 5.70 Å². The highest BCUT2D eigenvalue weighted by molar-refractivity contribution is 7.91. The number of hydrogen-bond acceptors (Lipinski definition) is 6. The number of ether oxygens (including phenoxy) is 2. The molecular weight excluding hydrogens is 456 g/mol. The number of esters is 1. The van der Waals surface area contributed by atoms with E-state index in [0.29, 0.717) is 17.9 Å². The molecular formula is C25H28N2O6S. The Labute approximate surface area is 199 Å². The molecule has 1 atom stereocenters. The maximum absolute atomic E-state index is 13.3. The van der Waals surface area contributed by atoms with Crippen molar-refractivity contribution in [2.24, 2.45) is 0 Å². The molecule has 2 aromatic rings. The van der Waals surface area contributed by atoms with Gasteiger partial charge in [-0.1, -0.05) is 18.2 Å². The third-order valence-electron chi connectivity index (χ3n) is 6.10. The number of fused-ring (bicyclic) bond motifs is 1. The topological polar surface area (TPSA) is 111 Å². The van der Waals surface area contributed by atoms with Crippen molar-refractivity contribution < 1.29 is 27.5 Å². The monoisotopic (exact) mass is 484 g/mol. The lowest BCUT2D eigenvalue weighted by molar-refractivity contribution is -0.136. The zero-order chi connectivity index (χ0) is 24.3. The first-order chi connectivity index (χ1) is 16.3. The number of aryl methyl sites for hydroxylation is 2. The van der Waals surface area contributed by atoms with Gasteiger partial charge in [0.05, 0.1) is 36.0 Å². The maximum Gasteiger partial charge on any atom is 0.338 e. The normalized spacial score (nSPS) is 17.9. The summed E-state index contributed by atoms with van der Waals surface area (Å²) in [5, 5.41) is 5.23. The lowest BCUT2D eigenvalue weighted by Crippen LogP contribution is -2.47. The molecule has 2 aromatic carbocycles. The molecule has 8 nitrogen and oxygen atoms in total. The van der Waals surface area contributed by atoms with Crippen LogP contribution in [0, 0.1) is 0 Å². The lowest BCUT2D eigenvalue weighted by Gasteiger charge is -2.29. The van der Waals surface area contributed by atoms with E-state index < -0.39 is 33.6 Å². The molecule has 0 radical (unpaired) electrons. The van der Waals surface area contributed by atoms with Gasteiger partial charge in [0.1, 0.15) is 5.75 Å². The van der Waals surface area contributed by atoms with E-state index in [1.54, 1.807) is 36.4 Å². The van der Waals surface area contributed by atoms with Crippen LogP contribution >= 0.6 is 0 Å². The Kier molecular flexibility index (Phi) is 6.92. The second-order valence-electron chi connectivity index (χ2n) is 8.31. The van der Waals surface area contributed by atoms with Crippen LogP contribution in [0.3, 0.4) is 0 Å². The summed E-state index contributed by atoms with van der Waals surface area (Å²) in [6.45, 7) is 2.37. The van der Waals surface area contributed by atoms with Crippen LogP contribution in [-0.4, -0.2) is 39.9 Å². The smallest absolute Gasteiger partial charge is 0.338 e. The summed E-state index contributed by atoms with van der Waals surface area (Å²) in [7, 11) is -2.62. The van der Waals surface area contributed by atoms with Crippen LogP contribution in [0.1, 0.15) is 42.5 Å². The minimum absolute atomic E-state index is 0.00667. The van der Waals surface area contributed by atoms with Gasteiger partial charge in [-0.15, -0.1) is 0 Å². The fourth-order valence-electron chi connectivity index (χ4n) is 4.43. The predicted molar refractivity (Wildman–Crippen MR) is 126 cm³/mol. The summed E-state index contributed by atoms with van der Waals surface area (Å²) >= 11 is 0.